The van der Waals surface area contributed by atoms with Crippen LogP contribution in [0.25, 0.3) is 0 Å². The third-order valence-electron chi connectivity index (χ3n) is 4.13. The van der Waals surface area contributed by atoms with Gasteiger partial charge < -0.3 is 5.11 Å². The van der Waals surface area contributed by atoms with E-state index in [1.807, 2.05) is 0 Å². The molecule has 1 heterocycles. The van der Waals surface area contributed by atoms with Gasteiger partial charge in [-0.05, 0) is 71.2 Å². The number of rotatable bonds is 2. The molecule has 2 rings (SSSR count). The van der Waals surface area contributed by atoms with Crippen LogP contribution in [0.5, 0.6) is 5.75 Å². The second-order valence-corrected chi connectivity index (χ2v) is 6.80. The van der Waals surface area contributed by atoms with Crippen molar-refractivity contribution in [3.05, 3.63) is 29.8 Å². The summed E-state index contributed by atoms with van der Waals surface area (Å²) in [6.45, 7) is 8.63. The van der Waals surface area contributed by atoms with E-state index in [0.29, 0.717) is 5.56 Å². The lowest BCUT2D eigenvalue weighted by Crippen LogP contribution is -2.65. The lowest BCUT2D eigenvalue weighted by molar-refractivity contribution is -0.0612. The van der Waals surface area contributed by atoms with Crippen LogP contribution in [0, 0.1) is 0 Å². The van der Waals surface area contributed by atoms with Crippen LogP contribution in [0.4, 0.5) is 0 Å². The van der Waals surface area contributed by atoms with Gasteiger partial charge in [0, 0.05) is 16.6 Å². The van der Waals surface area contributed by atoms with E-state index in [2.05, 4.69) is 38.1 Å². The first-order valence-corrected chi connectivity index (χ1v) is 7.13. The Kier molecular flexibility index (Phi) is 3.78. The summed E-state index contributed by atoms with van der Waals surface area (Å²) >= 11 is 0. The van der Waals surface area contributed by atoms with Crippen molar-refractivity contribution >= 4 is 5.91 Å². The Bertz CT molecular complexity index is 476. The number of carbonyl (C=O) groups excluding carboxylic acids is 1. The molecule has 0 radical (unpaired) electrons. The van der Waals surface area contributed by atoms with Gasteiger partial charge >= 0.3 is 0 Å². The predicted octanol–water partition coefficient (Wildman–Crippen LogP) is 3.08. The van der Waals surface area contributed by atoms with Crippen LogP contribution in [0.15, 0.2) is 24.3 Å². The van der Waals surface area contributed by atoms with Crippen molar-refractivity contribution in [2.24, 2.45) is 0 Å². The number of nitrogens with zero attached hydrogens (tertiary/aromatic N) is 1. The van der Waals surface area contributed by atoms with Gasteiger partial charge in [-0.1, -0.05) is 0 Å². The molecule has 20 heavy (non-hydrogen) atoms. The molecule has 1 fully saturated rings. The maximum atomic E-state index is 12.4. The summed E-state index contributed by atoms with van der Waals surface area (Å²) in [5.74, 6) is 0.0354. The number of phenols is 1. The van der Waals surface area contributed by atoms with Crippen LogP contribution >= 0.6 is 0 Å². The molecule has 1 saturated heterocycles. The van der Waals surface area contributed by atoms with Crippen molar-refractivity contribution in [3.63, 3.8) is 0 Å². The number of phenolic OH excluding ortho intramolecular Hbond substituents is 1. The molecule has 1 aromatic rings. The summed E-state index contributed by atoms with van der Waals surface area (Å²) in [7, 11) is 0. The first-order valence-electron chi connectivity index (χ1n) is 7.13. The highest BCUT2D eigenvalue weighted by atomic mass is 16.3. The first-order chi connectivity index (χ1) is 9.22. The molecule has 0 spiro atoms. The zero-order valence-electron chi connectivity index (χ0n) is 12.7. The van der Waals surface area contributed by atoms with Crippen LogP contribution in [0.3, 0.4) is 0 Å². The molecule has 4 heteroatoms. The van der Waals surface area contributed by atoms with Gasteiger partial charge in [0.15, 0.2) is 0 Å². The van der Waals surface area contributed by atoms with Crippen LogP contribution in [0.2, 0.25) is 0 Å². The summed E-state index contributed by atoms with van der Waals surface area (Å²) in [5, 5.41) is 11.4. The number of benzene rings is 1. The number of piperidine rings is 1. The number of amides is 1. The maximum Gasteiger partial charge on any atom is 0.265 e. The Morgan fingerprint density at radius 2 is 1.60 bits per heavy atom. The third-order valence-corrected chi connectivity index (χ3v) is 4.13. The van der Waals surface area contributed by atoms with E-state index in [4.69, 9.17) is 0 Å². The molecule has 1 amide bonds. The molecular weight excluding hydrogens is 252 g/mol. The van der Waals surface area contributed by atoms with E-state index in [0.717, 1.165) is 12.8 Å². The average Bonchev–Trinajstić information content (AvgIpc) is 2.34. The standard InChI is InChI=1S/C16H24N2O2/c1-15(2)10-5-11-16(3,4)18(15)17-14(20)12-6-8-13(19)9-7-12/h6-9,19H,5,10-11H2,1-4H3,(H,17,20). The number of carbonyl (C=O) groups is 1. The normalized spacial score (nSPS) is 21.4. The van der Waals surface area contributed by atoms with Crippen LogP contribution < -0.4 is 5.43 Å². The van der Waals surface area contributed by atoms with Crippen molar-refractivity contribution in [3.8, 4) is 5.75 Å². The van der Waals surface area contributed by atoms with Gasteiger partial charge in [-0.15, -0.1) is 0 Å². The van der Waals surface area contributed by atoms with Crippen molar-refractivity contribution in [1.82, 2.24) is 10.4 Å². The van der Waals surface area contributed by atoms with Crippen molar-refractivity contribution in [1.29, 1.82) is 0 Å². The van der Waals surface area contributed by atoms with Crippen LogP contribution in [-0.2, 0) is 0 Å². The van der Waals surface area contributed by atoms with Crippen LogP contribution in [-0.4, -0.2) is 27.1 Å². The fraction of sp³-hybridized carbons (Fsp3) is 0.562. The van der Waals surface area contributed by atoms with E-state index >= 15 is 0 Å². The predicted molar refractivity (Wildman–Crippen MR) is 79.4 cm³/mol. The smallest absolute Gasteiger partial charge is 0.265 e. The molecule has 0 atom stereocenters. The lowest BCUT2D eigenvalue weighted by atomic mass is 9.81. The molecule has 0 aromatic heterocycles. The first kappa shape index (κ1) is 14.9. The molecule has 1 aliphatic heterocycles. The van der Waals surface area contributed by atoms with Gasteiger partial charge in [-0.3, -0.25) is 10.2 Å². The van der Waals surface area contributed by atoms with Gasteiger partial charge in [-0.2, -0.15) is 0 Å². The van der Waals surface area contributed by atoms with Gasteiger partial charge in [0.05, 0.1) is 0 Å². The van der Waals surface area contributed by atoms with Crippen molar-refractivity contribution < 1.29 is 9.90 Å². The van der Waals surface area contributed by atoms with E-state index < -0.39 is 0 Å². The van der Waals surface area contributed by atoms with Crippen molar-refractivity contribution in [2.75, 3.05) is 0 Å². The van der Waals surface area contributed by atoms with E-state index in [-0.39, 0.29) is 22.7 Å². The second-order valence-electron chi connectivity index (χ2n) is 6.80. The van der Waals surface area contributed by atoms with Gasteiger partial charge in [0.25, 0.3) is 5.91 Å². The molecular formula is C16H24N2O2. The fourth-order valence-electron chi connectivity index (χ4n) is 3.08. The molecule has 0 bridgehead atoms. The summed E-state index contributed by atoms with van der Waals surface area (Å²) in [6.07, 6.45) is 3.30. The van der Waals surface area contributed by atoms with E-state index in [1.54, 1.807) is 12.1 Å². The summed E-state index contributed by atoms with van der Waals surface area (Å²) in [4.78, 5) is 12.4. The maximum absolute atomic E-state index is 12.4. The number of hydrogen-bond acceptors (Lipinski definition) is 3. The molecule has 1 aliphatic rings. The molecule has 0 aliphatic carbocycles. The molecule has 110 valence electrons. The molecule has 4 nitrogen and oxygen atoms in total. The van der Waals surface area contributed by atoms with E-state index in [1.165, 1.54) is 18.6 Å². The quantitative estimate of drug-likeness (QED) is 0.872. The topological polar surface area (TPSA) is 52.6 Å². The van der Waals surface area contributed by atoms with Gasteiger partial charge in [0.1, 0.15) is 5.75 Å². The summed E-state index contributed by atoms with van der Waals surface area (Å²) in [6, 6.07) is 6.33. The molecule has 2 N–H and O–H groups in total. The number of nitrogens with one attached hydrogen (secondary N) is 1. The Morgan fingerprint density at radius 1 is 1.10 bits per heavy atom. The minimum absolute atomic E-state index is 0.0612. The zero-order chi connectivity index (χ0) is 15.0. The number of hydrogen-bond donors (Lipinski definition) is 2. The average molecular weight is 276 g/mol. The number of aromatic hydroxyl groups is 1. The highest BCUT2D eigenvalue weighted by Gasteiger charge is 2.42. The highest BCUT2D eigenvalue weighted by molar-refractivity contribution is 5.94. The Labute approximate surface area is 120 Å². The zero-order valence-corrected chi connectivity index (χ0v) is 12.7. The van der Waals surface area contributed by atoms with Crippen molar-refractivity contribution in [2.45, 2.75) is 58.0 Å². The van der Waals surface area contributed by atoms with E-state index in [9.17, 15) is 9.90 Å². The molecule has 0 unspecified atom stereocenters. The minimum atomic E-state index is -0.131. The Balaban J connectivity index is 2.18. The van der Waals surface area contributed by atoms with Gasteiger partial charge in [0.2, 0.25) is 0 Å². The summed E-state index contributed by atoms with van der Waals surface area (Å²) in [5.41, 5.74) is 3.48. The van der Waals surface area contributed by atoms with Crippen LogP contribution in [0.1, 0.15) is 57.3 Å². The molecule has 1 aromatic carbocycles. The monoisotopic (exact) mass is 276 g/mol. The third kappa shape index (κ3) is 2.96. The Hall–Kier alpha value is -1.55. The minimum Gasteiger partial charge on any atom is -0.508 e. The fourth-order valence-corrected chi connectivity index (χ4v) is 3.08. The largest absolute Gasteiger partial charge is 0.508 e. The van der Waals surface area contributed by atoms with Gasteiger partial charge in [-0.25, -0.2) is 5.01 Å². The summed E-state index contributed by atoms with van der Waals surface area (Å²) < 4.78 is 0. The number of hydrazine groups is 1. The Morgan fingerprint density at radius 3 is 2.10 bits per heavy atom. The molecule has 0 saturated carbocycles. The SMILES string of the molecule is CC1(C)CCCC(C)(C)N1NC(=O)c1ccc(O)cc1. The lowest BCUT2D eigenvalue weighted by Gasteiger charge is -2.52. The second kappa shape index (κ2) is 5.09. The highest BCUT2D eigenvalue weighted by Crippen LogP contribution is 2.36.